The maximum atomic E-state index is 13.3. The highest BCUT2D eigenvalue weighted by atomic mass is 127. The summed E-state index contributed by atoms with van der Waals surface area (Å²) in [6.45, 7) is 0.181. The molecule has 3 aromatic carbocycles. The van der Waals surface area contributed by atoms with Gasteiger partial charge in [0.1, 0.15) is 23.7 Å². The number of halogens is 3. The summed E-state index contributed by atoms with van der Waals surface area (Å²) >= 11 is 4.12. The number of imide groups is 2. The first-order chi connectivity index (χ1) is 17.1. The molecule has 1 fully saturated rings. The molecule has 0 bridgehead atoms. The minimum absolute atomic E-state index is 0.0127. The smallest absolute Gasteiger partial charge is 0.335 e. The van der Waals surface area contributed by atoms with Gasteiger partial charge in [0.05, 0.1) is 17.8 Å². The van der Waals surface area contributed by atoms with Crippen molar-refractivity contribution in [3.05, 3.63) is 100 Å². The highest BCUT2D eigenvalue weighted by Crippen LogP contribution is 2.31. The minimum Gasteiger partial charge on any atom is -0.487 e. The topological polar surface area (TPSA) is 119 Å². The summed E-state index contributed by atoms with van der Waals surface area (Å²) in [5, 5.41) is 12.9. The van der Waals surface area contributed by atoms with E-state index in [-0.39, 0.29) is 23.6 Å². The van der Waals surface area contributed by atoms with Crippen LogP contribution in [0.25, 0.3) is 6.08 Å². The summed E-state index contributed by atoms with van der Waals surface area (Å²) in [6.07, 6.45) is 1.37. The van der Waals surface area contributed by atoms with Crippen LogP contribution in [0.5, 0.6) is 5.75 Å². The van der Waals surface area contributed by atoms with E-state index < -0.39 is 28.6 Å². The van der Waals surface area contributed by atoms with Gasteiger partial charge in [-0.25, -0.2) is 14.1 Å². The molecule has 1 aliphatic rings. The zero-order valence-corrected chi connectivity index (χ0v) is 22.4. The van der Waals surface area contributed by atoms with Crippen molar-refractivity contribution >= 4 is 80.5 Å². The molecule has 12 heteroatoms. The van der Waals surface area contributed by atoms with Gasteiger partial charge >= 0.3 is 6.03 Å². The first-order valence-corrected chi connectivity index (χ1v) is 12.3. The zero-order valence-electron chi connectivity index (χ0n) is 18.0. The molecule has 0 radical (unpaired) electrons. The molecule has 0 aromatic heterocycles. The highest BCUT2D eigenvalue weighted by molar-refractivity contribution is 14.1. The molecule has 1 aliphatic heterocycles. The third-order valence-electron chi connectivity index (χ3n) is 5.05. The van der Waals surface area contributed by atoms with Gasteiger partial charge in [-0.1, -0.05) is 0 Å². The molecule has 0 saturated carbocycles. The van der Waals surface area contributed by atoms with Crippen LogP contribution in [-0.4, -0.2) is 22.8 Å². The second-order valence-corrected chi connectivity index (χ2v) is 9.78. The van der Waals surface area contributed by atoms with Crippen molar-refractivity contribution in [3.8, 4) is 5.75 Å². The lowest BCUT2D eigenvalue weighted by molar-refractivity contribution is -0.384. The number of hydrogen-bond donors (Lipinski definition) is 1. The normalized spacial score (nSPS) is 14.7. The second-order valence-electron chi connectivity index (χ2n) is 7.46. The Morgan fingerprint density at radius 1 is 1.00 bits per heavy atom. The van der Waals surface area contributed by atoms with Crippen LogP contribution in [-0.2, 0) is 16.2 Å². The fraction of sp³-hybridized carbons (Fsp3) is 0.0417. The maximum absolute atomic E-state index is 13.3. The Morgan fingerprint density at radius 2 is 1.61 bits per heavy atom. The lowest BCUT2D eigenvalue weighted by atomic mass is 10.1. The van der Waals surface area contributed by atoms with Gasteiger partial charge in [-0.05, 0) is 111 Å². The number of nitrogens with zero attached hydrogens (tertiary/aromatic N) is 2. The van der Waals surface area contributed by atoms with E-state index in [4.69, 9.17) is 4.74 Å². The largest absolute Gasteiger partial charge is 0.487 e. The number of rotatable bonds is 6. The average Bonchev–Trinajstić information content (AvgIpc) is 2.82. The average molecular weight is 713 g/mol. The fourth-order valence-electron chi connectivity index (χ4n) is 3.32. The standard InChI is InChI=1S/C24H14FI2N3O6/c25-15-3-7-16(8-4-15)29-23(32)18(22(31)28-24(29)33)9-14-10-19(26)21(20(27)11-14)36-12-13-1-5-17(6-2-13)30(34)35/h1-11H,12H2,(H,28,31,33)/b18-9+. The van der Waals surface area contributed by atoms with Crippen LogP contribution in [0.15, 0.2) is 66.2 Å². The van der Waals surface area contributed by atoms with E-state index >= 15 is 0 Å². The Labute approximate surface area is 230 Å². The van der Waals surface area contributed by atoms with Crippen molar-refractivity contribution in [1.82, 2.24) is 5.32 Å². The predicted octanol–water partition coefficient (Wildman–Crippen LogP) is 5.19. The first kappa shape index (κ1) is 25.7. The van der Waals surface area contributed by atoms with E-state index in [1.54, 1.807) is 24.3 Å². The number of nitro benzene ring substituents is 1. The molecule has 1 saturated heterocycles. The molecule has 9 nitrogen and oxygen atoms in total. The predicted molar refractivity (Wildman–Crippen MR) is 145 cm³/mol. The summed E-state index contributed by atoms with van der Waals surface area (Å²) in [7, 11) is 0. The molecular formula is C24H14FI2N3O6. The van der Waals surface area contributed by atoms with Gasteiger partial charge < -0.3 is 4.74 Å². The molecule has 36 heavy (non-hydrogen) atoms. The van der Waals surface area contributed by atoms with Gasteiger partial charge in [0.25, 0.3) is 17.5 Å². The number of nitrogens with one attached hydrogen (secondary N) is 1. The monoisotopic (exact) mass is 713 g/mol. The molecule has 1 heterocycles. The lowest BCUT2D eigenvalue weighted by Crippen LogP contribution is -2.54. The number of nitro groups is 1. The summed E-state index contributed by atoms with van der Waals surface area (Å²) in [5.41, 5.74) is 1.12. The van der Waals surface area contributed by atoms with E-state index in [2.05, 4.69) is 50.5 Å². The number of barbiturate groups is 1. The van der Waals surface area contributed by atoms with Gasteiger partial charge in [0.2, 0.25) is 0 Å². The van der Waals surface area contributed by atoms with Crippen molar-refractivity contribution in [3.63, 3.8) is 0 Å². The summed E-state index contributed by atoms with van der Waals surface area (Å²) in [6, 6.07) is 13.3. The van der Waals surface area contributed by atoms with Crippen molar-refractivity contribution < 1.29 is 28.4 Å². The van der Waals surface area contributed by atoms with Crippen LogP contribution < -0.4 is 15.0 Å². The van der Waals surface area contributed by atoms with Crippen molar-refractivity contribution in [2.75, 3.05) is 4.90 Å². The van der Waals surface area contributed by atoms with Crippen LogP contribution in [0, 0.1) is 23.1 Å². The van der Waals surface area contributed by atoms with Gasteiger partial charge in [-0.3, -0.25) is 25.0 Å². The second kappa shape index (κ2) is 10.7. The van der Waals surface area contributed by atoms with Crippen LogP contribution >= 0.6 is 45.2 Å². The number of amides is 4. The van der Waals surface area contributed by atoms with Crippen molar-refractivity contribution in [1.29, 1.82) is 0 Å². The van der Waals surface area contributed by atoms with Crippen molar-refractivity contribution in [2.24, 2.45) is 0 Å². The number of carbonyl (C=O) groups excluding carboxylic acids is 3. The first-order valence-electron chi connectivity index (χ1n) is 10.2. The van der Waals surface area contributed by atoms with E-state index in [1.165, 1.54) is 30.3 Å². The summed E-state index contributed by atoms with van der Waals surface area (Å²) < 4.78 is 20.6. The Balaban J connectivity index is 1.57. The molecule has 1 N–H and O–H groups in total. The van der Waals surface area contributed by atoms with E-state index in [1.807, 2.05) is 0 Å². The number of urea groups is 1. The van der Waals surface area contributed by atoms with Gasteiger partial charge in [-0.15, -0.1) is 0 Å². The molecule has 3 aromatic rings. The van der Waals surface area contributed by atoms with Crippen molar-refractivity contribution in [2.45, 2.75) is 6.61 Å². The van der Waals surface area contributed by atoms with E-state index in [0.29, 0.717) is 18.5 Å². The molecule has 0 unspecified atom stereocenters. The minimum atomic E-state index is -0.923. The summed E-state index contributed by atoms with van der Waals surface area (Å²) in [5.74, 6) is -1.64. The Morgan fingerprint density at radius 3 is 2.19 bits per heavy atom. The van der Waals surface area contributed by atoms with E-state index in [9.17, 15) is 28.9 Å². The SMILES string of the molecule is O=C1NC(=O)N(c2ccc(F)cc2)C(=O)/C1=C/c1cc(I)c(OCc2ccc([N+](=O)[O-])cc2)c(I)c1. The molecule has 0 spiro atoms. The molecule has 4 amide bonds. The number of benzene rings is 3. The third-order valence-corrected chi connectivity index (χ3v) is 6.65. The molecular weight excluding hydrogens is 699 g/mol. The summed E-state index contributed by atoms with van der Waals surface area (Å²) in [4.78, 5) is 48.8. The van der Waals surface area contributed by atoms with Gasteiger partial charge in [0, 0.05) is 12.1 Å². The molecule has 4 rings (SSSR count). The maximum Gasteiger partial charge on any atom is 0.335 e. The van der Waals surface area contributed by atoms with E-state index in [0.717, 1.165) is 22.6 Å². The molecule has 0 aliphatic carbocycles. The zero-order chi connectivity index (χ0) is 26.0. The highest BCUT2D eigenvalue weighted by Gasteiger charge is 2.36. The molecule has 0 atom stereocenters. The number of ether oxygens (including phenoxy) is 1. The van der Waals surface area contributed by atoms with Crippen LogP contribution in [0.4, 0.5) is 20.6 Å². The van der Waals surface area contributed by atoms with Gasteiger partial charge in [0.15, 0.2) is 0 Å². The van der Waals surface area contributed by atoms with Crippen LogP contribution in [0.2, 0.25) is 0 Å². The van der Waals surface area contributed by atoms with Gasteiger partial charge in [-0.2, -0.15) is 0 Å². The fourth-order valence-corrected chi connectivity index (χ4v) is 5.45. The number of non-ortho nitro benzene ring substituents is 1. The Kier molecular flexibility index (Phi) is 7.63. The molecule has 182 valence electrons. The quantitative estimate of drug-likeness (QED) is 0.124. The third kappa shape index (κ3) is 5.53. The Bertz CT molecular complexity index is 1400. The number of anilines is 1. The number of hydrogen-bond acceptors (Lipinski definition) is 6. The Hall–Kier alpha value is -3.40. The lowest BCUT2D eigenvalue weighted by Gasteiger charge is -2.26. The van der Waals surface area contributed by atoms with Crippen LogP contribution in [0.1, 0.15) is 11.1 Å². The van der Waals surface area contributed by atoms with Crippen LogP contribution in [0.3, 0.4) is 0 Å². The number of carbonyl (C=O) groups is 3.